The molecule has 0 aliphatic carbocycles. The number of nitrogens with zero attached hydrogens (tertiary/aromatic N) is 1. The van der Waals surface area contributed by atoms with E-state index in [1.165, 1.54) is 16.1 Å². The summed E-state index contributed by atoms with van der Waals surface area (Å²) in [6, 6.07) is 19.3. The van der Waals surface area contributed by atoms with Gasteiger partial charge in [-0.25, -0.2) is 0 Å². The molecule has 1 nitrogen and oxygen atoms in total. The van der Waals surface area contributed by atoms with Gasteiger partial charge in [0.05, 0.1) is 5.69 Å². The Morgan fingerprint density at radius 2 is 1.72 bits per heavy atom. The van der Waals surface area contributed by atoms with Crippen LogP contribution in [0.5, 0.6) is 0 Å². The highest BCUT2D eigenvalue weighted by molar-refractivity contribution is 14.1. The van der Waals surface area contributed by atoms with E-state index in [9.17, 15) is 0 Å². The maximum atomic E-state index is 2.54. The molecule has 92 valence electrons. The molecule has 0 saturated carbocycles. The van der Waals surface area contributed by atoms with Crippen molar-refractivity contribution in [2.75, 3.05) is 4.90 Å². The maximum Gasteiger partial charge on any atom is 0.140 e. The second-order valence-corrected chi connectivity index (χ2v) is 8.78. The van der Waals surface area contributed by atoms with Crippen LogP contribution in [-0.2, 0) is 6.54 Å². The molecular weight excluding hydrogens is 353 g/mol. The van der Waals surface area contributed by atoms with Crippen LogP contribution in [0.25, 0.3) is 0 Å². The Morgan fingerprint density at radius 3 is 2.50 bits per heavy atom. The molecule has 0 radical (unpaired) electrons. The Morgan fingerprint density at radius 1 is 1.06 bits per heavy atom. The number of anilines is 1. The molecule has 0 spiro atoms. The van der Waals surface area contributed by atoms with Crippen LogP contribution in [-0.4, -0.2) is 2.88 Å². The minimum atomic E-state index is 0.0945. The highest BCUT2D eigenvalue weighted by atomic mass is 127. The molecule has 2 aromatic rings. The molecule has 0 saturated heterocycles. The molecule has 2 aromatic carbocycles. The van der Waals surface area contributed by atoms with E-state index >= 15 is 0 Å². The zero-order chi connectivity index (χ0) is 12.6. The summed E-state index contributed by atoms with van der Waals surface area (Å²) in [5, 5.41) is 0. The third-order valence-electron chi connectivity index (χ3n) is 3.12. The van der Waals surface area contributed by atoms with Gasteiger partial charge in [-0.1, -0.05) is 54.2 Å². The van der Waals surface area contributed by atoms with Crippen LogP contribution in [0, 0.1) is 0 Å². The number of alkyl halides is 1. The SMILES string of the molecule is CC1(I)Sc2ccccc2N1Cc1ccccc1. The minimum Gasteiger partial charge on any atom is -0.343 e. The van der Waals surface area contributed by atoms with Gasteiger partial charge in [0.25, 0.3) is 0 Å². The molecule has 0 aromatic heterocycles. The first-order valence-electron chi connectivity index (χ1n) is 5.95. The molecule has 1 aliphatic heterocycles. The lowest BCUT2D eigenvalue weighted by Crippen LogP contribution is -2.34. The van der Waals surface area contributed by atoms with Crippen molar-refractivity contribution in [2.24, 2.45) is 0 Å². The Bertz CT molecular complexity index is 553. The van der Waals surface area contributed by atoms with Crippen molar-refractivity contribution in [1.82, 2.24) is 0 Å². The van der Waals surface area contributed by atoms with Crippen LogP contribution in [0.1, 0.15) is 12.5 Å². The molecule has 1 atom stereocenters. The minimum absolute atomic E-state index is 0.0945. The van der Waals surface area contributed by atoms with E-state index in [1.54, 1.807) is 0 Å². The first-order valence-corrected chi connectivity index (χ1v) is 7.85. The number of halogens is 1. The third kappa shape index (κ3) is 2.26. The maximum absolute atomic E-state index is 2.54. The topological polar surface area (TPSA) is 3.24 Å². The summed E-state index contributed by atoms with van der Waals surface area (Å²) in [6.07, 6.45) is 0. The first kappa shape index (κ1) is 12.4. The molecule has 1 unspecified atom stereocenters. The fraction of sp³-hybridized carbons (Fsp3) is 0.200. The number of para-hydroxylation sites is 1. The highest BCUT2D eigenvalue weighted by Crippen LogP contribution is 2.53. The Kier molecular flexibility index (Phi) is 3.28. The summed E-state index contributed by atoms with van der Waals surface area (Å²) in [4.78, 5) is 3.86. The van der Waals surface area contributed by atoms with Crippen molar-refractivity contribution in [3.05, 3.63) is 60.2 Å². The summed E-state index contributed by atoms with van der Waals surface area (Å²) in [5.41, 5.74) is 2.71. The summed E-state index contributed by atoms with van der Waals surface area (Å²) in [7, 11) is 0. The summed E-state index contributed by atoms with van der Waals surface area (Å²) >= 11 is 4.47. The smallest absolute Gasteiger partial charge is 0.140 e. The molecule has 0 amide bonds. The second kappa shape index (κ2) is 4.78. The lowest BCUT2D eigenvalue weighted by Gasteiger charge is -2.31. The molecule has 0 fully saturated rings. The van der Waals surface area contributed by atoms with Crippen molar-refractivity contribution < 1.29 is 0 Å². The molecule has 3 heteroatoms. The van der Waals surface area contributed by atoms with E-state index in [4.69, 9.17) is 0 Å². The largest absolute Gasteiger partial charge is 0.343 e. The van der Waals surface area contributed by atoms with E-state index in [2.05, 4.69) is 89.0 Å². The summed E-state index contributed by atoms with van der Waals surface area (Å²) in [6.45, 7) is 3.24. The van der Waals surface area contributed by atoms with Gasteiger partial charge >= 0.3 is 0 Å². The Hall–Kier alpha value is -0.680. The highest BCUT2D eigenvalue weighted by Gasteiger charge is 2.38. The molecule has 1 aliphatic rings. The normalized spacial score (nSPS) is 22.0. The lowest BCUT2D eigenvalue weighted by atomic mass is 10.2. The van der Waals surface area contributed by atoms with E-state index < -0.39 is 0 Å². The molecule has 0 N–H and O–H groups in total. The van der Waals surface area contributed by atoms with E-state index in [0.717, 1.165) is 6.54 Å². The molecule has 1 heterocycles. The Labute approximate surface area is 126 Å². The van der Waals surface area contributed by atoms with Gasteiger partial charge < -0.3 is 4.90 Å². The number of rotatable bonds is 2. The van der Waals surface area contributed by atoms with Crippen LogP contribution in [0.2, 0.25) is 0 Å². The van der Waals surface area contributed by atoms with Crippen molar-refractivity contribution in [2.45, 2.75) is 21.2 Å². The second-order valence-electron chi connectivity index (χ2n) is 4.51. The molecule has 3 rings (SSSR count). The van der Waals surface area contributed by atoms with Gasteiger partial charge in [0.1, 0.15) is 2.88 Å². The van der Waals surface area contributed by atoms with E-state index in [0.29, 0.717) is 0 Å². The van der Waals surface area contributed by atoms with E-state index in [1.807, 2.05) is 11.8 Å². The standard InChI is InChI=1S/C15H14INS/c1-15(16)17(11-12-7-3-2-4-8-12)13-9-5-6-10-14(13)18-15/h2-10H,11H2,1H3. The van der Waals surface area contributed by atoms with Gasteiger partial charge in [-0.2, -0.15) is 0 Å². The van der Waals surface area contributed by atoms with Gasteiger partial charge in [0, 0.05) is 11.4 Å². The van der Waals surface area contributed by atoms with Crippen LogP contribution in [0.4, 0.5) is 5.69 Å². The van der Waals surface area contributed by atoms with Gasteiger partial charge in [0.2, 0.25) is 0 Å². The molecule has 0 bridgehead atoms. The van der Waals surface area contributed by atoms with Crippen LogP contribution in [0.3, 0.4) is 0 Å². The molecular formula is C15H14INS. The van der Waals surface area contributed by atoms with Crippen LogP contribution >= 0.6 is 34.4 Å². The average molecular weight is 367 g/mol. The van der Waals surface area contributed by atoms with Crippen LogP contribution in [0.15, 0.2) is 59.5 Å². The summed E-state index contributed by atoms with van der Waals surface area (Å²) < 4.78 is 0.0945. The number of thioether (sulfide) groups is 1. The number of hydrogen-bond acceptors (Lipinski definition) is 2. The number of hydrogen-bond donors (Lipinski definition) is 0. The van der Waals surface area contributed by atoms with Crippen molar-refractivity contribution in [3.8, 4) is 0 Å². The molecule has 18 heavy (non-hydrogen) atoms. The predicted octanol–water partition coefficient (Wildman–Crippen LogP) is 4.91. The van der Waals surface area contributed by atoms with Crippen molar-refractivity contribution in [1.29, 1.82) is 0 Å². The van der Waals surface area contributed by atoms with Gasteiger partial charge in [0.15, 0.2) is 0 Å². The van der Waals surface area contributed by atoms with E-state index in [-0.39, 0.29) is 2.88 Å². The first-order chi connectivity index (χ1) is 8.67. The monoisotopic (exact) mass is 367 g/mol. The number of benzene rings is 2. The zero-order valence-electron chi connectivity index (χ0n) is 10.1. The lowest BCUT2D eigenvalue weighted by molar-refractivity contribution is 0.784. The van der Waals surface area contributed by atoms with Gasteiger partial charge in [-0.3, -0.25) is 0 Å². The number of fused-ring (bicyclic) bond motifs is 1. The quantitative estimate of drug-likeness (QED) is 0.422. The zero-order valence-corrected chi connectivity index (χ0v) is 13.1. The van der Waals surface area contributed by atoms with Gasteiger partial charge in [-0.15, -0.1) is 0 Å². The van der Waals surface area contributed by atoms with Crippen molar-refractivity contribution >= 4 is 40.0 Å². The third-order valence-corrected chi connectivity index (χ3v) is 5.52. The summed E-state index contributed by atoms with van der Waals surface area (Å²) in [5.74, 6) is 0. The fourth-order valence-corrected chi connectivity index (χ4v) is 4.48. The predicted molar refractivity (Wildman–Crippen MR) is 87.3 cm³/mol. The fourth-order valence-electron chi connectivity index (χ4n) is 2.23. The Balaban J connectivity index is 1.95. The van der Waals surface area contributed by atoms with Crippen LogP contribution < -0.4 is 4.90 Å². The average Bonchev–Trinajstić information content (AvgIpc) is 2.62. The van der Waals surface area contributed by atoms with Gasteiger partial charge in [-0.05, 0) is 47.2 Å². The van der Waals surface area contributed by atoms with Crippen molar-refractivity contribution in [3.63, 3.8) is 0 Å².